The van der Waals surface area contributed by atoms with Crippen molar-refractivity contribution in [3.63, 3.8) is 0 Å². The molecular weight excluding hydrogens is 304 g/mol. The molecule has 2 aromatic rings. The molecule has 2 heterocycles. The zero-order valence-corrected chi connectivity index (χ0v) is 13.5. The van der Waals surface area contributed by atoms with E-state index in [9.17, 15) is 9.90 Å². The molecule has 0 fully saturated rings. The lowest BCUT2D eigenvalue weighted by molar-refractivity contribution is -0.136. The molecule has 1 aliphatic heterocycles. The Balaban J connectivity index is 1.88. The van der Waals surface area contributed by atoms with Crippen molar-refractivity contribution in [2.45, 2.75) is 26.4 Å². The Hall–Kier alpha value is -1.86. The molecule has 1 aromatic heterocycles. The Labute approximate surface area is 132 Å². The molecule has 1 unspecified atom stereocenters. The fourth-order valence-corrected chi connectivity index (χ4v) is 2.88. The number of fused-ring (bicyclic) bond motifs is 2. The zero-order valence-electron chi connectivity index (χ0n) is 12.7. The van der Waals surface area contributed by atoms with E-state index in [1.165, 1.54) is 18.3 Å². The van der Waals surface area contributed by atoms with Gasteiger partial charge in [0.05, 0.1) is 10.2 Å². The van der Waals surface area contributed by atoms with Gasteiger partial charge >= 0.3 is 0 Å². The standard InChI is InChI=1S/C15H18N2O4S/c1-8(2)15(3,19)13(18)17-14-16-9-6-10-11(7-12(9)22-14)21-5-4-20-10/h6-8,19H,4-5H2,1-3H3,(H,16,17,18). The van der Waals surface area contributed by atoms with Gasteiger partial charge in [-0.3, -0.25) is 10.1 Å². The summed E-state index contributed by atoms with van der Waals surface area (Å²) in [5, 5.41) is 13.3. The van der Waals surface area contributed by atoms with E-state index in [4.69, 9.17) is 9.47 Å². The molecule has 2 N–H and O–H groups in total. The van der Waals surface area contributed by atoms with Gasteiger partial charge in [0.2, 0.25) is 0 Å². The van der Waals surface area contributed by atoms with E-state index >= 15 is 0 Å². The Kier molecular flexibility index (Phi) is 3.70. The lowest BCUT2D eigenvalue weighted by Gasteiger charge is -2.25. The second-order valence-electron chi connectivity index (χ2n) is 5.74. The van der Waals surface area contributed by atoms with Gasteiger partial charge in [0.25, 0.3) is 5.91 Å². The topological polar surface area (TPSA) is 80.7 Å². The number of rotatable bonds is 3. The molecular formula is C15H18N2O4S. The van der Waals surface area contributed by atoms with Crippen molar-refractivity contribution >= 4 is 32.6 Å². The molecule has 0 aliphatic carbocycles. The number of thiazole rings is 1. The number of amides is 1. The summed E-state index contributed by atoms with van der Waals surface area (Å²) in [6.07, 6.45) is 0. The highest BCUT2D eigenvalue weighted by atomic mass is 32.1. The number of aromatic nitrogens is 1. The minimum Gasteiger partial charge on any atom is -0.486 e. The molecule has 22 heavy (non-hydrogen) atoms. The molecule has 118 valence electrons. The number of carbonyl (C=O) groups excluding carboxylic acids is 1. The van der Waals surface area contributed by atoms with Crippen LogP contribution in [-0.4, -0.2) is 34.8 Å². The summed E-state index contributed by atoms with van der Waals surface area (Å²) in [7, 11) is 0. The minimum absolute atomic E-state index is 0.198. The molecule has 0 saturated heterocycles. The maximum absolute atomic E-state index is 12.2. The van der Waals surface area contributed by atoms with E-state index in [1.54, 1.807) is 19.9 Å². The largest absolute Gasteiger partial charge is 0.486 e. The van der Waals surface area contributed by atoms with Crippen LogP contribution in [0.25, 0.3) is 10.2 Å². The van der Waals surface area contributed by atoms with Gasteiger partial charge in [0, 0.05) is 12.1 Å². The van der Waals surface area contributed by atoms with Gasteiger partial charge in [-0.15, -0.1) is 0 Å². The normalized spacial score (nSPS) is 16.6. The van der Waals surface area contributed by atoms with Gasteiger partial charge in [-0.25, -0.2) is 4.98 Å². The Bertz CT molecular complexity index is 681. The summed E-state index contributed by atoms with van der Waals surface area (Å²) < 4.78 is 11.9. The number of nitrogens with one attached hydrogen (secondary N) is 1. The summed E-state index contributed by atoms with van der Waals surface area (Å²) in [5.41, 5.74) is -0.711. The van der Waals surface area contributed by atoms with Crippen LogP contribution >= 0.6 is 11.3 Å². The number of hydrogen-bond donors (Lipinski definition) is 2. The molecule has 0 radical (unpaired) electrons. The molecule has 7 heteroatoms. The van der Waals surface area contributed by atoms with Crippen molar-refractivity contribution in [1.82, 2.24) is 4.98 Å². The smallest absolute Gasteiger partial charge is 0.258 e. The van der Waals surface area contributed by atoms with E-state index in [1.807, 2.05) is 6.07 Å². The minimum atomic E-state index is -1.44. The first kappa shape index (κ1) is 15.1. The molecule has 1 aromatic carbocycles. The van der Waals surface area contributed by atoms with E-state index in [0.29, 0.717) is 29.8 Å². The van der Waals surface area contributed by atoms with Crippen LogP contribution < -0.4 is 14.8 Å². The molecule has 0 saturated carbocycles. The van der Waals surface area contributed by atoms with Crippen molar-refractivity contribution in [3.8, 4) is 11.5 Å². The van der Waals surface area contributed by atoms with Crippen molar-refractivity contribution in [2.24, 2.45) is 5.92 Å². The predicted octanol–water partition coefficient (Wildman–Crippen LogP) is 2.41. The lowest BCUT2D eigenvalue weighted by atomic mass is 9.92. The average molecular weight is 322 g/mol. The highest BCUT2D eigenvalue weighted by Crippen LogP contribution is 2.38. The first-order valence-electron chi connectivity index (χ1n) is 7.12. The van der Waals surface area contributed by atoms with Gasteiger partial charge in [0.1, 0.15) is 18.8 Å². The number of carbonyl (C=O) groups is 1. The first-order chi connectivity index (χ1) is 10.4. The third-order valence-electron chi connectivity index (χ3n) is 3.86. The maximum atomic E-state index is 12.2. The highest BCUT2D eigenvalue weighted by molar-refractivity contribution is 7.22. The summed E-state index contributed by atoms with van der Waals surface area (Å²) in [6, 6.07) is 3.66. The number of hydrogen-bond acceptors (Lipinski definition) is 6. The van der Waals surface area contributed by atoms with E-state index in [2.05, 4.69) is 10.3 Å². The zero-order chi connectivity index (χ0) is 15.9. The molecule has 6 nitrogen and oxygen atoms in total. The van der Waals surface area contributed by atoms with Crippen LogP contribution in [0, 0.1) is 5.92 Å². The predicted molar refractivity (Wildman–Crippen MR) is 84.7 cm³/mol. The second kappa shape index (κ2) is 5.40. The Morgan fingerprint density at radius 2 is 2.00 bits per heavy atom. The van der Waals surface area contributed by atoms with Gasteiger partial charge in [-0.1, -0.05) is 25.2 Å². The van der Waals surface area contributed by atoms with Crippen LogP contribution in [0.2, 0.25) is 0 Å². The second-order valence-corrected chi connectivity index (χ2v) is 6.77. The molecule has 0 spiro atoms. The quantitative estimate of drug-likeness (QED) is 0.907. The van der Waals surface area contributed by atoms with Crippen molar-refractivity contribution < 1.29 is 19.4 Å². The number of anilines is 1. The van der Waals surface area contributed by atoms with Crippen LogP contribution in [0.1, 0.15) is 20.8 Å². The summed E-state index contributed by atoms with van der Waals surface area (Å²) in [5.74, 6) is 0.695. The molecule has 1 amide bonds. The van der Waals surface area contributed by atoms with E-state index in [0.717, 1.165) is 10.2 Å². The van der Waals surface area contributed by atoms with Crippen LogP contribution in [0.4, 0.5) is 5.13 Å². The lowest BCUT2D eigenvalue weighted by Crippen LogP contribution is -2.44. The van der Waals surface area contributed by atoms with Crippen LogP contribution in [-0.2, 0) is 4.79 Å². The van der Waals surface area contributed by atoms with E-state index < -0.39 is 11.5 Å². The third kappa shape index (κ3) is 2.62. The third-order valence-corrected chi connectivity index (χ3v) is 4.79. The van der Waals surface area contributed by atoms with Crippen LogP contribution in [0.15, 0.2) is 12.1 Å². The Morgan fingerprint density at radius 1 is 1.36 bits per heavy atom. The molecule has 1 aliphatic rings. The summed E-state index contributed by atoms with van der Waals surface area (Å²) in [4.78, 5) is 16.5. The first-order valence-corrected chi connectivity index (χ1v) is 7.93. The van der Waals surface area contributed by atoms with Crippen LogP contribution in [0.3, 0.4) is 0 Å². The summed E-state index contributed by atoms with van der Waals surface area (Å²) >= 11 is 1.34. The maximum Gasteiger partial charge on any atom is 0.258 e. The van der Waals surface area contributed by atoms with Gasteiger partial charge in [-0.2, -0.15) is 0 Å². The van der Waals surface area contributed by atoms with E-state index in [-0.39, 0.29) is 5.92 Å². The van der Waals surface area contributed by atoms with Crippen LogP contribution in [0.5, 0.6) is 11.5 Å². The SMILES string of the molecule is CC(C)C(C)(O)C(=O)Nc1nc2cc3c(cc2s1)OCCO3. The van der Waals surface area contributed by atoms with Gasteiger partial charge in [0.15, 0.2) is 16.6 Å². The monoisotopic (exact) mass is 322 g/mol. The van der Waals surface area contributed by atoms with Crippen molar-refractivity contribution in [2.75, 3.05) is 18.5 Å². The Morgan fingerprint density at radius 3 is 2.64 bits per heavy atom. The fraction of sp³-hybridized carbons (Fsp3) is 0.467. The van der Waals surface area contributed by atoms with Gasteiger partial charge < -0.3 is 14.6 Å². The number of aliphatic hydroxyl groups is 1. The molecule has 0 bridgehead atoms. The van der Waals surface area contributed by atoms with Gasteiger partial charge in [-0.05, 0) is 12.8 Å². The molecule has 3 rings (SSSR count). The average Bonchev–Trinajstić information content (AvgIpc) is 2.85. The number of ether oxygens (including phenoxy) is 2. The highest BCUT2D eigenvalue weighted by Gasteiger charge is 2.34. The van der Waals surface area contributed by atoms with Crippen molar-refractivity contribution in [1.29, 1.82) is 0 Å². The fourth-order valence-electron chi connectivity index (χ4n) is 2.00. The number of benzene rings is 1. The summed E-state index contributed by atoms with van der Waals surface area (Å²) in [6.45, 7) is 6.13. The number of nitrogens with zero attached hydrogens (tertiary/aromatic N) is 1. The molecule has 1 atom stereocenters. The van der Waals surface area contributed by atoms with Crippen molar-refractivity contribution in [3.05, 3.63) is 12.1 Å².